The lowest BCUT2D eigenvalue weighted by molar-refractivity contribution is -0.122. The second kappa shape index (κ2) is 31.8. The van der Waals surface area contributed by atoms with Crippen LogP contribution in [0.5, 0.6) is 0 Å². The minimum atomic E-state index is -4.28. The highest BCUT2D eigenvalue weighted by Crippen LogP contribution is 2.36. The van der Waals surface area contributed by atoms with Crippen molar-refractivity contribution in [3.8, 4) is 0 Å². The van der Waals surface area contributed by atoms with Crippen LogP contribution in [-0.2, 0) is 68.0 Å². The van der Waals surface area contributed by atoms with E-state index in [1.807, 2.05) is 78.7 Å². The molecule has 0 aromatic heterocycles. The van der Waals surface area contributed by atoms with Gasteiger partial charge in [-0.2, -0.15) is 0 Å². The molecule has 0 bridgehead atoms. The number of amides is 6. The van der Waals surface area contributed by atoms with Gasteiger partial charge in [-0.3, -0.25) is 14.4 Å². The maximum Gasteiger partial charge on any atom is 0.494 e. The monoisotopic (exact) mass is 1360 g/mol. The SMILES string of the molecule is CC(C)C[C@H](NC(=O)OC(C)(C)C)C(=O)NS(=O)(=O)c1cccc(B(O)O)c1.CC(C)C[C@H](NC(=O)OC(C)(C)C)C(=O)NS(=O)(=O)c1cccc(B2OC(C)(C)C(C)(C)O2)c1.CC(C)C[C@H](NC(=O)OC(C)(C)C)C(=O)NS(=O)(=O)c1cccc(Br)c1. The Balaban J connectivity index is 0.000000455. The summed E-state index contributed by atoms with van der Waals surface area (Å²) in [6.07, 6.45) is -1.73. The van der Waals surface area contributed by atoms with Gasteiger partial charge in [-0.05, 0) is 180 Å². The summed E-state index contributed by atoms with van der Waals surface area (Å²) in [5.41, 5.74) is -2.97. The summed E-state index contributed by atoms with van der Waals surface area (Å²) in [5.74, 6) is -2.53. The van der Waals surface area contributed by atoms with Crippen molar-refractivity contribution in [2.45, 2.75) is 212 Å². The maximum atomic E-state index is 13.0. The topological polar surface area (TPSA) is 364 Å². The third kappa shape index (κ3) is 27.5. The molecule has 0 saturated carbocycles. The molecule has 3 aromatic carbocycles. The van der Waals surface area contributed by atoms with Crippen molar-refractivity contribution >= 4 is 107 Å². The number of hydrogen-bond donors (Lipinski definition) is 8. The van der Waals surface area contributed by atoms with Gasteiger partial charge in [0.2, 0.25) is 0 Å². The lowest BCUT2D eigenvalue weighted by atomic mass is 9.79. The Morgan fingerprint density at radius 2 is 0.807 bits per heavy atom. The molecule has 3 atom stereocenters. The van der Waals surface area contributed by atoms with E-state index in [1.54, 1.807) is 86.6 Å². The zero-order valence-corrected chi connectivity index (χ0v) is 57.6. The Kier molecular flexibility index (Phi) is 28.3. The van der Waals surface area contributed by atoms with Crippen molar-refractivity contribution in [2.24, 2.45) is 17.8 Å². The zero-order chi connectivity index (χ0) is 67.9. The van der Waals surface area contributed by atoms with E-state index in [0.29, 0.717) is 9.94 Å². The first-order valence-electron chi connectivity index (χ1n) is 28.2. The van der Waals surface area contributed by atoms with Crippen LogP contribution in [0.1, 0.15) is 151 Å². The van der Waals surface area contributed by atoms with Crippen LogP contribution in [0.4, 0.5) is 14.4 Å². The Morgan fingerprint density at radius 3 is 1.10 bits per heavy atom. The largest absolute Gasteiger partial charge is 0.494 e. The van der Waals surface area contributed by atoms with E-state index in [0.717, 1.165) is 6.07 Å². The summed E-state index contributed by atoms with van der Waals surface area (Å²) >= 11 is 3.19. The number of rotatable bonds is 20. The van der Waals surface area contributed by atoms with E-state index in [4.69, 9.17) is 23.5 Å². The summed E-state index contributed by atoms with van der Waals surface area (Å²) in [7, 11) is -15.2. The fourth-order valence-corrected chi connectivity index (χ4v) is 11.3. The van der Waals surface area contributed by atoms with Gasteiger partial charge in [0.15, 0.2) is 0 Å². The molecule has 4 rings (SSSR count). The van der Waals surface area contributed by atoms with E-state index >= 15 is 0 Å². The molecule has 88 heavy (non-hydrogen) atoms. The van der Waals surface area contributed by atoms with Gasteiger partial charge in [0, 0.05) is 4.47 Å². The smallest absolute Gasteiger partial charge is 0.444 e. The Morgan fingerprint density at radius 1 is 0.511 bits per heavy atom. The average molecular weight is 1360 g/mol. The molecule has 31 heteroatoms. The third-order valence-electron chi connectivity index (χ3n) is 12.1. The summed E-state index contributed by atoms with van der Waals surface area (Å²) in [6.45, 7) is 33.9. The molecule has 492 valence electrons. The van der Waals surface area contributed by atoms with Crippen LogP contribution in [0.2, 0.25) is 0 Å². The summed E-state index contributed by atoms with van der Waals surface area (Å²) in [6, 6.07) is 13.7. The number of sulfonamides is 3. The molecule has 1 heterocycles. The standard InChI is InChI=1S/C23H37BN2O7S.C17H27BN2O7S.C17H25BrN2O5S/c1-15(2)13-18(25-20(28)31-21(3,4)5)19(27)26-34(29,30)17-12-10-11-16(14-17)24-32-22(6,7)23(8,9)33-24;1-11(2)9-14(19-16(22)27-17(3,4)5)15(21)20-28(25,26)13-8-6-7-12(10-13)18(23)24;1-11(2)9-14(19-16(22)25-17(3,4)5)15(21)20-26(23,24)13-8-6-7-12(18)10-13/h10-12,14-15,18H,13H2,1-9H3,(H,25,28)(H,26,27);6-8,10-11,14,23-24H,9H2,1-5H3,(H,19,22)(H,20,21);6-8,10-11,14H,9H2,1-5H3,(H,19,22)(H,20,21)/t18-;2*14-/m000/s1. The molecule has 0 radical (unpaired) electrons. The van der Waals surface area contributed by atoms with E-state index in [2.05, 4.69) is 36.6 Å². The molecular weight excluding hydrogens is 1270 g/mol. The molecule has 0 aliphatic carbocycles. The number of ether oxygens (including phenoxy) is 3. The fourth-order valence-electron chi connectivity index (χ4n) is 7.53. The zero-order valence-electron chi connectivity index (χ0n) is 53.6. The van der Waals surface area contributed by atoms with Crippen molar-refractivity contribution in [1.29, 1.82) is 0 Å². The number of alkyl carbamates (subject to hydrolysis) is 3. The Hall–Kier alpha value is -5.82. The number of benzene rings is 3. The highest BCUT2D eigenvalue weighted by atomic mass is 79.9. The van der Waals surface area contributed by atoms with Gasteiger partial charge in [-0.25, -0.2) is 53.8 Å². The highest BCUT2D eigenvalue weighted by Gasteiger charge is 2.52. The van der Waals surface area contributed by atoms with Gasteiger partial charge >= 0.3 is 32.5 Å². The minimum Gasteiger partial charge on any atom is -0.444 e. The van der Waals surface area contributed by atoms with Crippen LogP contribution < -0.4 is 41.0 Å². The van der Waals surface area contributed by atoms with Crippen LogP contribution in [-0.4, -0.2) is 132 Å². The van der Waals surface area contributed by atoms with Crippen molar-refractivity contribution in [3.63, 3.8) is 0 Å². The normalized spacial score (nSPS) is 15.2. The van der Waals surface area contributed by atoms with Crippen molar-refractivity contribution < 1.29 is 87.6 Å². The quantitative estimate of drug-likeness (QED) is 0.0472. The van der Waals surface area contributed by atoms with Gasteiger partial charge in [0.05, 0.1) is 25.9 Å². The van der Waals surface area contributed by atoms with Crippen LogP contribution in [0.3, 0.4) is 0 Å². The van der Waals surface area contributed by atoms with Gasteiger partial charge in [0.1, 0.15) is 34.9 Å². The molecule has 8 N–H and O–H groups in total. The number of nitrogens with one attached hydrogen (secondary N) is 6. The molecule has 1 fully saturated rings. The molecule has 1 aliphatic rings. The molecule has 1 saturated heterocycles. The van der Waals surface area contributed by atoms with Gasteiger partial charge < -0.3 is 49.5 Å². The minimum absolute atomic E-state index is 0.0127. The molecule has 25 nitrogen and oxygen atoms in total. The molecule has 0 unspecified atom stereocenters. The predicted octanol–water partition coefficient (Wildman–Crippen LogP) is 6.03. The van der Waals surface area contributed by atoms with Crippen molar-refractivity contribution in [1.82, 2.24) is 30.1 Å². The van der Waals surface area contributed by atoms with Crippen LogP contribution >= 0.6 is 15.9 Å². The highest BCUT2D eigenvalue weighted by molar-refractivity contribution is 9.10. The van der Waals surface area contributed by atoms with E-state index < -0.39 is 126 Å². The van der Waals surface area contributed by atoms with E-state index in [9.17, 15) is 64.1 Å². The lowest BCUT2D eigenvalue weighted by Crippen LogP contribution is -2.50. The van der Waals surface area contributed by atoms with Crippen molar-refractivity contribution in [2.75, 3.05) is 0 Å². The molecule has 0 spiro atoms. The van der Waals surface area contributed by atoms with Crippen LogP contribution in [0, 0.1) is 17.8 Å². The van der Waals surface area contributed by atoms with Gasteiger partial charge in [-0.1, -0.05) is 87.8 Å². The second-order valence-electron chi connectivity index (χ2n) is 26.0. The first-order chi connectivity index (χ1) is 39.8. The Labute approximate surface area is 528 Å². The average Bonchev–Trinajstić information content (AvgIpc) is 1.79. The molecule has 1 aliphatic heterocycles. The van der Waals surface area contributed by atoms with Gasteiger partial charge in [0.25, 0.3) is 47.8 Å². The Bertz CT molecular complexity index is 3240. The van der Waals surface area contributed by atoms with Crippen LogP contribution in [0.25, 0.3) is 0 Å². The van der Waals surface area contributed by atoms with E-state index in [1.165, 1.54) is 42.5 Å². The van der Waals surface area contributed by atoms with Gasteiger partial charge in [-0.15, -0.1) is 0 Å². The van der Waals surface area contributed by atoms with E-state index in [-0.39, 0.29) is 57.2 Å². The second-order valence-corrected chi connectivity index (χ2v) is 31.9. The number of carbonyl (C=O) groups is 6. The molecule has 3 aromatic rings. The summed E-state index contributed by atoms with van der Waals surface area (Å²) in [4.78, 5) is 73.6. The molecular formula is C57H89B2BrN6O19S3. The van der Waals surface area contributed by atoms with Crippen LogP contribution in [0.15, 0.2) is 92.0 Å². The van der Waals surface area contributed by atoms with Crippen molar-refractivity contribution in [3.05, 3.63) is 77.3 Å². The fraction of sp³-hybridized carbons (Fsp3) is 0.579. The summed E-state index contributed by atoms with van der Waals surface area (Å²) < 4.78 is 110. The number of carbonyl (C=O) groups excluding carboxylic acids is 6. The maximum absolute atomic E-state index is 13.0. The first-order valence-corrected chi connectivity index (χ1v) is 33.4. The summed E-state index contributed by atoms with van der Waals surface area (Å²) in [5, 5.41) is 25.7. The first kappa shape index (κ1) is 78.3. The lowest BCUT2D eigenvalue weighted by Gasteiger charge is -2.32. The number of hydrogen-bond acceptors (Lipinski definition) is 19. The molecule has 6 amide bonds. The third-order valence-corrected chi connectivity index (χ3v) is 16.6. The number of halogens is 1. The predicted molar refractivity (Wildman–Crippen MR) is 336 cm³/mol.